The van der Waals surface area contributed by atoms with Gasteiger partial charge < -0.3 is 10.3 Å². The minimum atomic E-state index is 0.437. The zero-order valence-corrected chi connectivity index (χ0v) is 14.5. The Morgan fingerprint density at radius 3 is 2.60 bits per heavy atom. The van der Waals surface area contributed by atoms with Gasteiger partial charge >= 0.3 is 0 Å². The smallest absolute Gasteiger partial charge is 0.0490 e. The third-order valence-electron chi connectivity index (χ3n) is 3.94. The molecular weight excluding hydrogens is 312 g/mol. The minimum absolute atomic E-state index is 0.437. The fraction of sp³-hybridized carbons (Fsp3) is 0.529. The summed E-state index contributed by atoms with van der Waals surface area (Å²) in [5.41, 5.74) is 5.43. The molecule has 1 unspecified atom stereocenters. The molecule has 0 fully saturated rings. The van der Waals surface area contributed by atoms with Crippen molar-refractivity contribution in [2.45, 2.75) is 53.0 Å². The van der Waals surface area contributed by atoms with E-state index < -0.39 is 0 Å². The molecule has 0 saturated heterocycles. The number of rotatable bonds is 6. The first-order valence-corrected chi connectivity index (χ1v) is 8.45. The maximum absolute atomic E-state index is 3.69. The zero-order valence-electron chi connectivity index (χ0n) is 12.9. The highest BCUT2D eigenvalue weighted by atomic mass is 79.9. The van der Waals surface area contributed by atoms with Gasteiger partial charge in [0.05, 0.1) is 0 Å². The Morgan fingerprint density at radius 1 is 1.25 bits per heavy atom. The molecule has 0 bridgehead atoms. The van der Waals surface area contributed by atoms with Crippen molar-refractivity contribution in [2.75, 3.05) is 6.54 Å². The van der Waals surface area contributed by atoms with Crippen molar-refractivity contribution < 1.29 is 0 Å². The maximum Gasteiger partial charge on any atom is 0.0490 e. The van der Waals surface area contributed by atoms with Crippen molar-refractivity contribution in [1.29, 1.82) is 0 Å². The lowest BCUT2D eigenvalue weighted by Gasteiger charge is -2.18. The predicted octanol–water partition coefficient (Wildman–Crippen LogP) is 5.25. The summed E-state index contributed by atoms with van der Waals surface area (Å²) in [4.78, 5) is 3.64. The summed E-state index contributed by atoms with van der Waals surface area (Å²) in [5, 5.41) is 5.06. The molecule has 110 valence electrons. The number of fused-ring (bicyclic) bond motifs is 1. The van der Waals surface area contributed by atoms with E-state index in [0.717, 1.165) is 23.9 Å². The molecule has 20 heavy (non-hydrogen) atoms. The Kier molecular flexibility index (Phi) is 5.28. The largest absolute Gasteiger partial charge is 0.358 e. The lowest BCUT2D eigenvalue weighted by molar-refractivity contribution is 0.518. The van der Waals surface area contributed by atoms with Crippen molar-refractivity contribution in [3.63, 3.8) is 0 Å². The standard InChI is InChI=1S/C17H25BrN2/c1-5-8-19-14(6-2)16-13-10-12(18)9-11(4)17(13)20-15(16)7-3/h9-10,14,19-20H,5-8H2,1-4H3. The van der Waals surface area contributed by atoms with Gasteiger partial charge in [0.15, 0.2) is 0 Å². The van der Waals surface area contributed by atoms with E-state index in [1.54, 1.807) is 0 Å². The summed E-state index contributed by atoms with van der Waals surface area (Å²) in [7, 11) is 0. The van der Waals surface area contributed by atoms with Crippen LogP contribution in [0.2, 0.25) is 0 Å². The van der Waals surface area contributed by atoms with E-state index in [1.165, 1.54) is 34.1 Å². The van der Waals surface area contributed by atoms with E-state index in [4.69, 9.17) is 0 Å². The molecule has 2 rings (SSSR count). The van der Waals surface area contributed by atoms with Crippen LogP contribution in [0.1, 0.15) is 56.5 Å². The molecule has 2 N–H and O–H groups in total. The quantitative estimate of drug-likeness (QED) is 0.740. The molecule has 1 aromatic heterocycles. The summed E-state index contributed by atoms with van der Waals surface area (Å²) < 4.78 is 1.16. The first-order chi connectivity index (χ1) is 9.62. The van der Waals surface area contributed by atoms with Crippen molar-refractivity contribution in [3.05, 3.63) is 33.4 Å². The van der Waals surface area contributed by atoms with Crippen LogP contribution in [0.25, 0.3) is 10.9 Å². The molecule has 2 nitrogen and oxygen atoms in total. The van der Waals surface area contributed by atoms with Crippen LogP contribution < -0.4 is 5.32 Å². The maximum atomic E-state index is 3.69. The van der Waals surface area contributed by atoms with Gasteiger partial charge in [0.25, 0.3) is 0 Å². The van der Waals surface area contributed by atoms with Crippen molar-refractivity contribution in [1.82, 2.24) is 10.3 Å². The van der Waals surface area contributed by atoms with Crippen LogP contribution in [-0.4, -0.2) is 11.5 Å². The van der Waals surface area contributed by atoms with Crippen molar-refractivity contribution in [3.8, 4) is 0 Å². The first kappa shape index (κ1) is 15.6. The Bertz CT molecular complexity index is 586. The van der Waals surface area contributed by atoms with Gasteiger partial charge in [0.1, 0.15) is 0 Å². The highest BCUT2D eigenvalue weighted by Crippen LogP contribution is 2.34. The summed E-state index contributed by atoms with van der Waals surface area (Å²) in [6, 6.07) is 4.87. The number of hydrogen-bond donors (Lipinski definition) is 2. The number of aromatic amines is 1. The molecule has 3 heteroatoms. The molecule has 0 aliphatic heterocycles. The summed E-state index contributed by atoms with van der Waals surface area (Å²) in [6.45, 7) is 9.95. The highest BCUT2D eigenvalue weighted by Gasteiger charge is 2.19. The monoisotopic (exact) mass is 336 g/mol. The number of benzene rings is 1. The number of nitrogens with one attached hydrogen (secondary N) is 2. The molecule has 0 aliphatic rings. The number of hydrogen-bond acceptors (Lipinski definition) is 1. The second kappa shape index (κ2) is 6.77. The van der Waals surface area contributed by atoms with Gasteiger partial charge in [-0.15, -0.1) is 0 Å². The number of H-pyrrole nitrogens is 1. The van der Waals surface area contributed by atoms with Crippen LogP contribution in [0.3, 0.4) is 0 Å². The normalized spacial score (nSPS) is 13.1. The predicted molar refractivity (Wildman–Crippen MR) is 91.4 cm³/mol. The molecule has 1 aromatic carbocycles. The van der Waals surface area contributed by atoms with E-state index >= 15 is 0 Å². The zero-order chi connectivity index (χ0) is 14.7. The minimum Gasteiger partial charge on any atom is -0.358 e. The molecule has 0 aliphatic carbocycles. The van der Waals surface area contributed by atoms with Crippen molar-refractivity contribution >= 4 is 26.8 Å². The first-order valence-electron chi connectivity index (χ1n) is 7.66. The third-order valence-corrected chi connectivity index (χ3v) is 4.40. The van der Waals surface area contributed by atoms with E-state index in [9.17, 15) is 0 Å². The fourth-order valence-electron chi connectivity index (χ4n) is 2.95. The summed E-state index contributed by atoms with van der Waals surface area (Å²) in [6.07, 6.45) is 3.33. The van der Waals surface area contributed by atoms with Gasteiger partial charge in [-0.25, -0.2) is 0 Å². The van der Waals surface area contributed by atoms with Gasteiger partial charge in [-0.1, -0.05) is 36.7 Å². The van der Waals surface area contributed by atoms with Gasteiger partial charge in [-0.3, -0.25) is 0 Å². The molecule has 2 aromatic rings. The van der Waals surface area contributed by atoms with Crippen molar-refractivity contribution in [2.24, 2.45) is 0 Å². The van der Waals surface area contributed by atoms with Crippen LogP contribution in [0.4, 0.5) is 0 Å². The average molecular weight is 337 g/mol. The lowest BCUT2D eigenvalue weighted by Crippen LogP contribution is -2.22. The highest BCUT2D eigenvalue weighted by molar-refractivity contribution is 9.10. The Labute approximate surface area is 130 Å². The fourth-order valence-corrected chi connectivity index (χ4v) is 3.52. The summed E-state index contributed by atoms with van der Waals surface area (Å²) in [5.74, 6) is 0. The number of aryl methyl sites for hydroxylation is 2. The van der Waals surface area contributed by atoms with Crippen LogP contribution in [0.15, 0.2) is 16.6 Å². The molecule has 1 heterocycles. The Morgan fingerprint density at radius 2 is 2.00 bits per heavy atom. The molecule has 1 atom stereocenters. The van der Waals surface area contributed by atoms with Gasteiger partial charge in [0.2, 0.25) is 0 Å². The second-order valence-electron chi connectivity index (χ2n) is 5.43. The van der Waals surface area contributed by atoms with Crippen LogP contribution in [0, 0.1) is 6.92 Å². The van der Waals surface area contributed by atoms with Crippen LogP contribution >= 0.6 is 15.9 Å². The van der Waals surface area contributed by atoms with E-state index in [0.29, 0.717) is 6.04 Å². The number of aromatic nitrogens is 1. The Balaban J connectivity index is 2.59. The molecule has 0 saturated carbocycles. The van der Waals surface area contributed by atoms with Crippen LogP contribution in [0.5, 0.6) is 0 Å². The molecule has 0 amide bonds. The van der Waals surface area contributed by atoms with E-state index in [-0.39, 0.29) is 0 Å². The lowest BCUT2D eigenvalue weighted by atomic mass is 9.98. The Hall–Kier alpha value is -0.800. The average Bonchev–Trinajstić information content (AvgIpc) is 2.79. The molecule has 0 spiro atoms. The third kappa shape index (κ3) is 2.94. The van der Waals surface area contributed by atoms with Gasteiger partial charge in [0, 0.05) is 27.1 Å². The van der Waals surface area contributed by atoms with E-state index in [2.05, 4.69) is 66.1 Å². The number of halogens is 1. The van der Waals surface area contributed by atoms with Gasteiger partial charge in [-0.05, 0) is 56.0 Å². The summed E-state index contributed by atoms with van der Waals surface area (Å²) >= 11 is 3.64. The second-order valence-corrected chi connectivity index (χ2v) is 6.35. The molecule has 0 radical (unpaired) electrons. The molecular formula is C17H25BrN2. The van der Waals surface area contributed by atoms with E-state index in [1.807, 2.05) is 0 Å². The SMILES string of the molecule is CCCNC(CC)c1c(CC)[nH]c2c(C)cc(Br)cc12. The van der Waals surface area contributed by atoms with Gasteiger partial charge in [-0.2, -0.15) is 0 Å². The topological polar surface area (TPSA) is 27.8 Å². The van der Waals surface area contributed by atoms with Crippen LogP contribution in [-0.2, 0) is 6.42 Å².